The van der Waals surface area contributed by atoms with Crippen molar-refractivity contribution in [3.63, 3.8) is 0 Å². The number of halogens is 1. The van der Waals surface area contributed by atoms with Crippen LogP contribution in [0.25, 0.3) is 6.08 Å². The number of aryl methyl sites for hydroxylation is 2. The van der Waals surface area contributed by atoms with Gasteiger partial charge in [-0.2, -0.15) is 5.10 Å². The minimum absolute atomic E-state index is 0.0316. The SMILES string of the molecule is CCCc1sc(C(=O)/C=C/c2ccn(CC)n2)cc1Br. The monoisotopic (exact) mass is 352 g/mol. The molecule has 0 unspecified atom stereocenters. The van der Waals surface area contributed by atoms with Gasteiger partial charge >= 0.3 is 0 Å². The number of carbonyl (C=O) groups excluding carboxylic acids is 1. The van der Waals surface area contributed by atoms with Crippen molar-refractivity contribution in [2.45, 2.75) is 33.2 Å². The van der Waals surface area contributed by atoms with Crippen molar-refractivity contribution in [2.75, 3.05) is 0 Å². The van der Waals surface area contributed by atoms with Crippen LogP contribution < -0.4 is 0 Å². The van der Waals surface area contributed by atoms with Crippen molar-refractivity contribution in [1.82, 2.24) is 9.78 Å². The summed E-state index contributed by atoms with van der Waals surface area (Å²) in [5.74, 6) is 0.0316. The van der Waals surface area contributed by atoms with E-state index in [1.807, 2.05) is 29.9 Å². The van der Waals surface area contributed by atoms with Gasteiger partial charge < -0.3 is 0 Å². The molecule has 0 aliphatic carbocycles. The molecule has 3 nitrogen and oxygen atoms in total. The summed E-state index contributed by atoms with van der Waals surface area (Å²) in [7, 11) is 0. The van der Waals surface area contributed by atoms with Gasteiger partial charge in [-0.15, -0.1) is 11.3 Å². The van der Waals surface area contributed by atoms with E-state index in [1.54, 1.807) is 23.5 Å². The van der Waals surface area contributed by atoms with Gasteiger partial charge in [-0.05, 0) is 53.6 Å². The van der Waals surface area contributed by atoms with E-state index in [-0.39, 0.29) is 5.78 Å². The van der Waals surface area contributed by atoms with Crippen molar-refractivity contribution < 1.29 is 4.79 Å². The molecule has 5 heteroatoms. The highest BCUT2D eigenvalue weighted by molar-refractivity contribution is 9.10. The molecule has 106 valence electrons. The standard InChI is InChI=1S/C15H17BrN2OS/c1-3-5-14-12(16)10-15(20-14)13(19)7-6-11-8-9-18(4-2)17-11/h6-10H,3-5H2,1-2H3/b7-6+. The first-order valence-electron chi connectivity index (χ1n) is 6.68. The molecule has 0 bridgehead atoms. The normalized spacial score (nSPS) is 11.3. The number of aromatic nitrogens is 2. The maximum Gasteiger partial charge on any atom is 0.195 e. The Kier molecular flexibility index (Phi) is 5.31. The van der Waals surface area contributed by atoms with E-state index in [9.17, 15) is 4.79 Å². The summed E-state index contributed by atoms with van der Waals surface area (Å²) in [6.45, 7) is 5.00. The Balaban J connectivity index is 2.09. The number of thiophene rings is 1. The Morgan fingerprint density at radius 3 is 2.95 bits per heavy atom. The maximum absolute atomic E-state index is 12.1. The number of hydrogen-bond donors (Lipinski definition) is 0. The molecule has 0 amide bonds. The molecule has 2 rings (SSSR count). The first-order chi connectivity index (χ1) is 9.63. The Bertz CT molecular complexity index is 628. The summed E-state index contributed by atoms with van der Waals surface area (Å²) >= 11 is 5.08. The molecule has 0 N–H and O–H groups in total. The van der Waals surface area contributed by atoms with Crippen molar-refractivity contribution in [3.05, 3.63) is 44.3 Å². The fourth-order valence-electron chi connectivity index (χ4n) is 1.81. The van der Waals surface area contributed by atoms with E-state index in [2.05, 4.69) is 28.0 Å². The summed E-state index contributed by atoms with van der Waals surface area (Å²) in [4.78, 5) is 14.1. The fraction of sp³-hybridized carbons (Fsp3) is 0.333. The molecular weight excluding hydrogens is 336 g/mol. The first-order valence-corrected chi connectivity index (χ1v) is 8.29. The quantitative estimate of drug-likeness (QED) is 0.563. The summed E-state index contributed by atoms with van der Waals surface area (Å²) in [5, 5.41) is 4.32. The number of nitrogens with zero attached hydrogens (tertiary/aromatic N) is 2. The maximum atomic E-state index is 12.1. The van der Waals surface area contributed by atoms with Crippen LogP contribution in [0.5, 0.6) is 0 Å². The van der Waals surface area contributed by atoms with Crippen molar-refractivity contribution in [1.29, 1.82) is 0 Å². The largest absolute Gasteiger partial charge is 0.288 e. The van der Waals surface area contributed by atoms with Crippen LogP contribution in [0.3, 0.4) is 0 Å². The lowest BCUT2D eigenvalue weighted by Crippen LogP contribution is -1.94. The van der Waals surface area contributed by atoms with E-state index in [1.165, 1.54) is 4.88 Å². The number of hydrogen-bond acceptors (Lipinski definition) is 3. The molecule has 2 aromatic heterocycles. The minimum Gasteiger partial charge on any atom is -0.288 e. The lowest BCUT2D eigenvalue weighted by molar-refractivity contribution is 0.105. The average molecular weight is 353 g/mol. The third kappa shape index (κ3) is 3.67. The van der Waals surface area contributed by atoms with Gasteiger partial charge in [-0.1, -0.05) is 13.3 Å². The van der Waals surface area contributed by atoms with E-state index < -0.39 is 0 Å². The second kappa shape index (κ2) is 6.99. The van der Waals surface area contributed by atoms with Crippen LogP contribution in [0, 0.1) is 0 Å². The summed E-state index contributed by atoms with van der Waals surface area (Å²) in [6, 6.07) is 3.81. The highest BCUT2D eigenvalue weighted by atomic mass is 79.9. The van der Waals surface area contributed by atoms with Gasteiger partial charge in [-0.25, -0.2) is 0 Å². The van der Waals surface area contributed by atoms with Gasteiger partial charge in [0.2, 0.25) is 0 Å². The highest BCUT2D eigenvalue weighted by Gasteiger charge is 2.10. The van der Waals surface area contributed by atoms with Crippen molar-refractivity contribution in [2.24, 2.45) is 0 Å². The summed E-state index contributed by atoms with van der Waals surface area (Å²) in [6.07, 6.45) is 7.35. The zero-order valence-electron chi connectivity index (χ0n) is 11.6. The third-order valence-electron chi connectivity index (χ3n) is 2.87. The fourth-order valence-corrected chi connectivity index (χ4v) is 3.71. The molecule has 0 aliphatic rings. The Hall–Kier alpha value is -1.20. The van der Waals surface area contributed by atoms with Gasteiger partial charge in [0.15, 0.2) is 5.78 Å². The number of rotatable bonds is 6. The molecule has 20 heavy (non-hydrogen) atoms. The van der Waals surface area contributed by atoms with Gasteiger partial charge in [-0.3, -0.25) is 9.48 Å². The van der Waals surface area contributed by atoms with Crippen LogP contribution in [-0.2, 0) is 13.0 Å². The summed E-state index contributed by atoms with van der Waals surface area (Å²) in [5.41, 5.74) is 0.810. The van der Waals surface area contributed by atoms with Gasteiger partial charge in [0, 0.05) is 22.1 Å². The van der Waals surface area contributed by atoms with E-state index in [0.29, 0.717) is 0 Å². The second-order valence-corrected chi connectivity index (χ2v) is 6.42. The Morgan fingerprint density at radius 1 is 1.50 bits per heavy atom. The van der Waals surface area contributed by atoms with Crippen molar-refractivity contribution in [3.8, 4) is 0 Å². The molecule has 2 heterocycles. The molecule has 0 saturated carbocycles. The van der Waals surface area contributed by atoms with Crippen LogP contribution in [0.15, 0.2) is 28.9 Å². The lowest BCUT2D eigenvalue weighted by Gasteiger charge is -1.92. The molecule has 0 spiro atoms. The molecule has 0 fully saturated rings. The van der Waals surface area contributed by atoms with Gasteiger partial charge in [0.05, 0.1) is 10.6 Å². The second-order valence-electron chi connectivity index (χ2n) is 4.43. The topological polar surface area (TPSA) is 34.9 Å². The van der Waals surface area contributed by atoms with Gasteiger partial charge in [0.1, 0.15) is 0 Å². The van der Waals surface area contributed by atoms with Crippen molar-refractivity contribution >= 4 is 39.1 Å². The zero-order valence-corrected chi connectivity index (χ0v) is 14.0. The predicted octanol–water partition coefficient (Wildman–Crippen LogP) is 4.58. The first kappa shape index (κ1) is 15.2. The van der Waals surface area contributed by atoms with E-state index >= 15 is 0 Å². The van der Waals surface area contributed by atoms with Crippen LogP contribution in [-0.4, -0.2) is 15.6 Å². The molecule has 0 saturated heterocycles. The Morgan fingerprint density at radius 2 is 2.30 bits per heavy atom. The van der Waals surface area contributed by atoms with Crippen LogP contribution in [0.1, 0.15) is 40.5 Å². The molecule has 2 aromatic rings. The molecule has 0 aromatic carbocycles. The zero-order chi connectivity index (χ0) is 14.5. The third-order valence-corrected chi connectivity index (χ3v) is 5.05. The molecule has 0 aliphatic heterocycles. The summed E-state index contributed by atoms with van der Waals surface area (Å²) < 4.78 is 2.88. The minimum atomic E-state index is 0.0316. The Labute approximate surface area is 131 Å². The predicted molar refractivity (Wildman–Crippen MR) is 87.3 cm³/mol. The molecular formula is C15H17BrN2OS. The van der Waals surface area contributed by atoms with Crippen LogP contribution in [0.2, 0.25) is 0 Å². The van der Waals surface area contributed by atoms with E-state index in [4.69, 9.17) is 0 Å². The average Bonchev–Trinajstić information content (AvgIpc) is 3.04. The van der Waals surface area contributed by atoms with E-state index in [0.717, 1.165) is 34.4 Å². The molecule has 0 radical (unpaired) electrons. The molecule has 0 atom stereocenters. The lowest BCUT2D eigenvalue weighted by atomic mass is 10.2. The number of ketones is 1. The van der Waals surface area contributed by atoms with Crippen LogP contribution >= 0.6 is 27.3 Å². The van der Waals surface area contributed by atoms with Crippen LogP contribution in [0.4, 0.5) is 0 Å². The van der Waals surface area contributed by atoms with Gasteiger partial charge in [0.25, 0.3) is 0 Å². The smallest absolute Gasteiger partial charge is 0.195 e. The highest BCUT2D eigenvalue weighted by Crippen LogP contribution is 2.29. The number of carbonyl (C=O) groups is 1. The number of allylic oxidation sites excluding steroid dienone is 1.